The Bertz CT molecular complexity index is 835. The molecule has 6 heteroatoms. The van der Waals surface area contributed by atoms with Gasteiger partial charge in [-0.3, -0.25) is 4.79 Å². The maximum atomic E-state index is 12.3. The average molecular weight is 416 g/mol. The number of cyclic esters (lactones) is 1. The Hall–Kier alpha value is -2.50. The molecule has 1 amide bonds. The van der Waals surface area contributed by atoms with Gasteiger partial charge in [-0.15, -0.1) is 0 Å². The molecule has 1 aromatic carbocycles. The van der Waals surface area contributed by atoms with Gasteiger partial charge < -0.3 is 19.9 Å². The lowest BCUT2D eigenvalue weighted by Crippen LogP contribution is -2.34. The summed E-state index contributed by atoms with van der Waals surface area (Å²) >= 11 is 0. The summed E-state index contributed by atoms with van der Waals surface area (Å²) in [5.74, 6) is 0.126. The number of benzene rings is 1. The molecular weight excluding hydrogens is 382 g/mol. The minimum atomic E-state index is -0.495. The Kier molecular flexibility index (Phi) is 7.40. The molecule has 2 aliphatic rings. The monoisotopic (exact) mass is 415 g/mol. The van der Waals surface area contributed by atoms with Crippen LogP contribution < -0.4 is 10.1 Å². The first-order valence-electron chi connectivity index (χ1n) is 11.0. The number of esters is 1. The van der Waals surface area contributed by atoms with Gasteiger partial charge in [-0.2, -0.15) is 0 Å². The lowest BCUT2D eigenvalue weighted by atomic mass is 9.94. The molecule has 1 aliphatic carbocycles. The van der Waals surface area contributed by atoms with Crippen LogP contribution in [0, 0.1) is 6.92 Å². The molecule has 1 saturated carbocycles. The van der Waals surface area contributed by atoms with E-state index in [0.29, 0.717) is 42.2 Å². The van der Waals surface area contributed by atoms with Crippen LogP contribution in [0.25, 0.3) is 0 Å². The summed E-state index contributed by atoms with van der Waals surface area (Å²) in [6, 6.07) is 0.319. The van der Waals surface area contributed by atoms with Crippen molar-refractivity contribution in [2.24, 2.45) is 0 Å². The molecule has 0 aromatic heterocycles. The predicted molar refractivity (Wildman–Crippen MR) is 115 cm³/mol. The summed E-state index contributed by atoms with van der Waals surface area (Å²) in [7, 11) is 1.56. The number of ether oxygens (including phenoxy) is 2. The number of hydrogen-bond donors (Lipinski definition) is 2. The summed E-state index contributed by atoms with van der Waals surface area (Å²) in [5, 5.41) is 13.9. The van der Waals surface area contributed by atoms with Gasteiger partial charge in [0.2, 0.25) is 5.91 Å². The van der Waals surface area contributed by atoms with Crippen LogP contribution in [0.15, 0.2) is 11.6 Å². The van der Waals surface area contributed by atoms with Gasteiger partial charge in [-0.05, 0) is 45.1 Å². The van der Waals surface area contributed by atoms with Crippen molar-refractivity contribution >= 4 is 11.9 Å². The maximum absolute atomic E-state index is 12.3. The Morgan fingerprint density at radius 1 is 1.23 bits per heavy atom. The second-order valence-electron chi connectivity index (χ2n) is 8.43. The second kappa shape index (κ2) is 10.0. The van der Waals surface area contributed by atoms with E-state index in [0.717, 1.165) is 24.0 Å². The summed E-state index contributed by atoms with van der Waals surface area (Å²) in [6.07, 6.45) is 10.6. The fourth-order valence-corrected chi connectivity index (χ4v) is 4.44. The maximum Gasteiger partial charge on any atom is 0.342 e. The van der Waals surface area contributed by atoms with Crippen LogP contribution in [-0.4, -0.2) is 30.1 Å². The molecule has 0 spiro atoms. The third-order valence-corrected chi connectivity index (χ3v) is 6.27. The van der Waals surface area contributed by atoms with E-state index in [1.807, 2.05) is 19.9 Å². The lowest BCUT2D eigenvalue weighted by Gasteiger charge is -2.16. The summed E-state index contributed by atoms with van der Waals surface area (Å²) in [4.78, 5) is 24.3. The van der Waals surface area contributed by atoms with Gasteiger partial charge in [0.15, 0.2) is 0 Å². The predicted octanol–water partition coefficient (Wildman–Crippen LogP) is 4.49. The van der Waals surface area contributed by atoms with Crippen molar-refractivity contribution in [3.8, 4) is 11.5 Å². The van der Waals surface area contributed by atoms with Gasteiger partial charge in [-0.25, -0.2) is 4.79 Å². The number of amides is 1. The topological polar surface area (TPSA) is 84.9 Å². The zero-order valence-corrected chi connectivity index (χ0v) is 18.3. The van der Waals surface area contributed by atoms with Crippen LogP contribution in [0.3, 0.4) is 0 Å². The lowest BCUT2D eigenvalue weighted by molar-refractivity contribution is -0.121. The van der Waals surface area contributed by atoms with Crippen molar-refractivity contribution in [2.45, 2.75) is 84.3 Å². The van der Waals surface area contributed by atoms with Crippen LogP contribution in [0.1, 0.15) is 85.3 Å². The summed E-state index contributed by atoms with van der Waals surface area (Å²) in [6.45, 7) is 4.02. The van der Waals surface area contributed by atoms with Crippen molar-refractivity contribution in [3.05, 3.63) is 33.9 Å². The van der Waals surface area contributed by atoms with Crippen molar-refractivity contribution in [1.82, 2.24) is 5.32 Å². The number of allylic oxidation sites excluding steroid dienone is 2. The van der Waals surface area contributed by atoms with Crippen molar-refractivity contribution in [2.75, 3.05) is 7.11 Å². The number of carbonyl (C=O) groups excluding carboxylic acids is 2. The Morgan fingerprint density at radius 3 is 2.60 bits per heavy atom. The first kappa shape index (κ1) is 22.2. The van der Waals surface area contributed by atoms with E-state index in [2.05, 4.69) is 5.32 Å². The van der Waals surface area contributed by atoms with Crippen LogP contribution in [0.2, 0.25) is 0 Å². The zero-order valence-electron chi connectivity index (χ0n) is 18.3. The normalized spacial score (nSPS) is 17.3. The molecule has 1 aliphatic heterocycles. The van der Waals surface area contributed by atoms with E-state index in [4.69, 9.17) is 9.47 Å². The number of carbonyl (C=O) groups is 2. The van der Waals surface area contributed by atoms with E-state index in [9.17, 15) is 14.7 Å². The Balaban J connectivity index is 1.62. The molecule has 1 aromatic rings. The van der Waals surface area contributed by atoms with Crippen molar-refractivity contribution < 1.29 is 24.2 Å². The number of aromatic hydroxyl groups is 1. The Morgan fingerprint density at radius 2 is 1.93 bits per heavy atom. The molecule has 1 fully saturated rings. The highest BCUT2D eigenvalue weighted by Gasteiger charge is 2.31. The van der Waals surface area contributed by atoms with E-state index in [-0.39, 0.29) is 23.8 Å². The number of rotatable bonds is 7. The van der Waals surface area contributed by atoms with E-state index in [1.54, 1.807) is 7.11 Å². The quantitative estimate of drug-likeness (QED) is 0.389. The van der Waals surface area contributed by atoms with Gasteiger partial charge in [0.1, 0.15) is 23.7 Å². The molecule has 0 unspecified atom stereocenters. The number of hydrogen-bond acceptors (Lipinski definition) is 5. The number of fused-ring (bicyclic) bond motifs is 1. The smallest absolute Gasteiger partial charge is 0.342 e. The molecule has 0 bridgehead atoms. The third-order valence-electron chi connectivity index (χ3n) is 6.27. The standard InChI is InChI=1S/C24H33NO5/c1-15(11-13-20(26)25-17-8-6-4-5-7-9-17)10-12-18-22(27)21-19(14-30-24(21)28)16(2)23(18)29-3/h10,17,27H,4-9,11-14H2,1-3H3,(H,25,26). The van der Waals surface area contributed by atoms with Gasteiger partial charge >= 0.3 is 5.97 Å². The van der Waals surface area contributed by atoms with Gasteiger partial charge in [0.25, 0.3) is 0 Å². The summed E-state index contributed by atoms with van der Waals surface area (Å²) < 4.78 is 10.6. The first-order valence-corrected chi connectivity index (χ1v) is 11.0. The van der Waals surface area contributed by atoms with E-state index in [1.165, 1.54) is 25.7 Å². The Labute approximate surface area is 178 Å². The highest BCUT2D eigenvalue weighted by Crippen LogP contribution is 2.42. The molecule has 30 heavy (non-hydrogen) atoms. The van der Waals surface area contributed by atoms with Gasteiger partial charge in [-0.1, -0.05) is 37.3 Å². The number of phenolic OH excluding ortho intramolecular Hbond substituents is 1. The van der Waals surface area contributed by atoms with Gasteiger partial charge in [0, 0.05) is 23.6 Å². The van der Waals surface area contributed by atoms with E-state index >= 15 is 0 Å². The molecule has 2 N–H and O–H groups in total. The van der Waals surface area contributed by atoms with Crippen molar-refractivity contribution in [1.29, 1.82) is 0 Å². The SMILES string of the molecule is COc1c(C)c2c(c(O)c1CC=C(C)CCC(=O)NC1CCCCCC1)C(=O)OC2. The minimum absolute atomic E-state index is 0.0647. The molecule has 6 nitrogen and oxygen atoms in total. The van der Waals surface area contributed by atoms with Gasteiger partial charge in [0.05, 0.1) is 7.11 Å². The van der Waals surface area contributed by atoms with E-state index < -0.39 is 5.97 Å². The highest BCUT2D eigenvalue weighted by molar-refractivity contribution is 5.98. The van der Waals surface area contributed by atoms with Crippen LogP contribution in [-0.2, 0) is 22.6 Å². The zero-order chi connectivity index (χ0) is 21.7. The molecular formula is C24H33NO5. The highest BCUT2D eigenvalue weighted by atomic mass is 16.5. The van der Waals surface area contributed by atoms with Crippen LogP contribution >= 0.6 is 0 Å². The molecule has 0 radical (unpaired) electrons. The average Bonchev–Trinajstić information content (AvgIpc) is 2.94. The second-order valence-corrected chi connectivity index (χ2v) is 8.43. The minimum Gasteiger partial charge on any atom is -0.507 e. The molecule has 1 heterocycles. The fourth-order valence-electron chi connectivity index (χ4n) is 4.44. The fraction of sp³-hybridized carbons (Fsp3) is 0.583. The molecule has 164 valence electrons. The third kappa shape index (κ3) is 4.97. The number of nitrogens with one attached hydrogen (secondary N) is 1. The largest absolute Gasteiger partial charge is 0.507 e. The molecule has 0 saturated heterocycles. The van der Waals surface area contributed by atoms with Crippen LogP contribution in [0.4, 0.5) is 0 Å². The number of phenols is 1. The first-order chi connectivity index (χ1) is 14.4. The molecule has 3 rings (SSSR count). The van der Waals surface area contributed by atoms with Crippen molar-refractivity contribution in [3.63, 3.8) is 0 Å². The molecule has 0 atom stereocenters. The number of methoxy groups -OCH3 is 1. The summed E-state index contributed by atoms with van der Waals surface area (Å²) in [5.41, 5.74) is 3.40. The van der Waals surface area contributed by atoms with Crippen LogP contribution in [0.5, 0.6) is 11.5 Å².